The van der Waals surface area contributed by atoms with Crippen LogP contribution in [0.15, 0.2) is 47.7 Å². The maximum absolute atomic E-state index is 12.4. The predicted octanol–water partition coefficient (Wildman–Crippen LogP) is 2.79. The number of hydrogen-bond donors (Lipinski definition) is 1. The fourth-order valence-corrected chi connectivity index (χ4v) is 3.58. The Morgan fingerprint density at radius 1 is 1.08 bits per heavy atom. The first-order valence-corrected chi connectivity index (χ1v) is 7.99. The van der Waals surface area contributed by atoms with Crippen molar-refractivity contribution in [1.82, 2.24) is 0 Å². The monoisotopic (exact) mass is 337 g/mol. The Balaban J connectivity index is 1.69. The van der Waals surface area contributed by atoms with Crippen LogP contribution in [-0.2, 0) is 9.53 Å². The van der Waals surface area contributed by atoms with Crippen molar-refractivity contribution >= 4 is 11.7 Å². The lowest BCUT2D eigenvalue weighted by Crippen LogP contribution is -2.19. The minimum atomic E-state index is -0.286. The van der Waals surface area contributed by atoms with Crippen molar-refractivity contribution in [2.45, 2.75) is 5.92 Å². The van der Waals surface area contributed by atoms with Gasteiger partial charge >= 0.3 is 5.97 Å². The van der Waals surface area contributed by atoms with Gasteiger partial charge in [0.05, 0.1) is 18.4 Å². The number of hydrogen-bond acceptors (Lipinski definition) is 6. The highest BCUT2D eigenvalue weighted by atomic mass is 16.7. The number of carbonyl (C=O) groups is 1. The van der Waals surface area contributed by atoms with Gasteiger partial charge in [0.15, 0.2) is 11.5 Å². The number of ether oxygens (including phenoxy) is 4. The van der Waals surface area contributed by atoms with E-state index in [0.717, 1.165) is 28.3 Å². The molecule has 0 aliphatic carbocycles. The molecule has 3 aliphatic heterocycles. The summed E-state index contributed by atoms with van der Waals surface area (Å²) in [6, 6.07) is 11.6. The van der Waals surface area contributed by atoms with Gasteiger partial charge in [0.25, 0.3) is 0 Å². The molecule has 1 atom stereocenters. The Hall–Kier alpha value is -3.15. The smallest absolute Gasteiger partial charge is 0.337 e. The highest BCUT2D eigenvalue weighted by Gasteiger charge is 2.39. The van der Waals surface area contributed by atoms with E-state index >= 15 is 0 Å². The molecule has 2 aromatic carbocycles. The zero-order chi connectivity index (χ0) is 17.0. The summed E-state index contributed by atoms with van der Waals surface area (Å²) in [5.74, 6) is 1.66. The number of fused-ring (bicyclic) bond motifs is 2. The van der Waals surface area contributed by atoms with E-state index < -0.39 is 0 Å². The molecule has 1 N–H and O–H groups in total. The molecular weight excluding hydrogens is 322 g/mol. The molecule has 0 saturated heterocycles. The van der Waals surface area contributed by atoms with Crippen molar-refractivity contribution in [2.75, 3.05) is 25.8 Å². The molecule has 5 rings (SSSR count). The van der Waals surface area contributed by atoms with E-state index in [4.69, 9.17) is 18.9 Å². The summed E-state index contributed by atoms with van der Waals surface area (Å²) >= 11 is 0. The van der Waals surface area contributed by atoms with Crippen LogP contribution in [0.5, 0.6) is 17.2 Å². The second-order valence-corrected chi connectivity index (χ2v) is 6.09. The number of nitrogens with one attached hydrogen (secondary N) is 1. The van der Waals surface area contributed by atoms with Gasteiger partial charge in [0, 0.05) is 17.7 Å². The molecule has 3 aliphatic rings. The van der Waals surface area contributed by atoms with Crippen LogP contribution in [-0.4, -0.2) is 26.5 Å². The second-order valence-electron chi connectivity index (χ2n) is 6.09. The normalized spacial score (nSPS) is 19.9. The molecular formula is C19H15NO5. The number of carbonyl (C=O) groups excluding carboxylic acids is 1. The largest absolute Gasteiger partial charge is 0.497 e. The molecule has 0 fully saturated rings. The molecule has 6 heteroatoms. The number of methoxy groups -OCH3 is 1. The molecule has 0 amide bonds. The van der Waals surface area contributed by atoms with Crippen molar-refractivity contribution in [3.05, 3.63) is 58.8 Å². The average molecular weight is 337 g/mol. The number of rotatable bonds is 2. The zero-order valence-corrected chi connectivity index (χ0v) is 13.5. The van der Waals surface area contributed by atoms with Crippen LogP contribution in [0.3, 0.4) is 0 Å². The quantitative estimate of drug-likeness (QED) is 0.850. The van der Waals surface area contributed by atoms with Gasteiger partial charge in [-0.1, -0.05) is 12.1 Å². The first-order valence-electron chi connectivity index (χ1n) is 7.99. The third kappa shape index (κ3) is 2.07. The average Bonchev–Trinajstić information content (AvgIpc) is 3.24. The minimum Gasteiger partial charge on any atom is -0.497 e. The van der Waals surface area contributed by atoms with Crippen molar-refractivity contribution in [3.8, 4) is 17.2 Å². The second kappa shape index (κ2) is 5.17. The molecule has 2 aromatic rings. The van der Waals surface area contributed by atoms with Crippen LogP contribution in [0.4, 0.5) is 5.69 Å². The molecule has 0 aromatic heterocycles. The molecule has 0 radical (unpaired) electrons. The SMILES string of the molecule is COc1ccc([C@H]2C3=C(COC3=O)Nc3cc4c(cc32)OCO4)cc1. The lowest BCUT2D eigenvalue weighted by Gasteiger charge is -2.27. The number of anilines is 1. The first-order chi connectivity index (χ1) is 12.2. The summed E-state index contributed by atoms with van der Waals surface area (Å²) in [6.07, 6.45) is 0. The van der Waals surface area contributed by atoms with Crippen LogP contribution >= 0.6 is 0 Å². The summed E-state index contributed by atoms with van der Waals surface area (Å²) in [7, 11) is 1.63. The van der Waals surface area contributed by atoms with Gasteiger partial charge in [-0.15, -0.1) is 0 Å². The van der Waals surface area contributed by atoms with Crippen LogP contribution in [0, 0.1) is 0 Å². The van der Waals surface area contributed by atoms with E-state index in [1.807, 2.05) is 36.4 Å². The molecule has 0 saturated carbocycles. The number of cyclic esters (lactones) is 1. The predicted molar refractivity (Wildman–Crippen MR) is 89.0 cm³/mol. The van der Waals surface area contributed by atoms with E-state index in [-0.39, 0.29) is 25.3 Å². The van der Waals surface area contributed by atoms with Gasteiger partial charge in [-0.05, 0) is 29.3 Å². The summed E-state index contributed by atoms with van der Waals surface area (Å²) in [5, 5.41) is 3.31. The molecule has 0 unspecified atom stereocenters. The first kappa shape index (κ1) is 14.2. The number of esters is 1. The third-order valence-electron chi connectivity index (χ3n) is 4.77. The third-order valence-corrected chi connectivity index (χ3v) is 4.77. The molecule has 0 bridgehead atoms. The van der Waals surface area contributed by atoms with E-state index in [0.29, 0.717) is 17.1 Å². The molecule has 25 heavy (non-hydrogen) atoms. The van der Waals surface area contributed by atoms with Crippen LogP contribution in [0.2, 0.25) is 0 Å². The van der Waals surface area contributed by atoms with Crippen LogP contribution in [0.25, 0.3) is 0 Å². The fourth-order valence-electron chi connectivity index (χ4n) is 3.58. The highest BCUT2D eigenvalue weighted by molar-refractivity contribution is 5.97. The van der Waals surface area contributed by atoms with E-state index in [2.05, 4.69) is 5.32 Å². The zero-order valence-electron chi connectivity index (χ0n) is 13.5. The molecule has 0 spiro atoms. The van der Waals surface area contributed by atoms with Crippen molar-refractivity contribution in [2.24, 2.45) is 0 Å². The van der Waals surface area contributed by atoms with Crippen LogP contribution in [0.1, 0.15) is 17.0 Å². The number of benzene rings is 2. The maximum atomic E-state index is 12.4. The Morgan fingerprint density at radius 3 is 2.60 bits per heavy atom. The van der Waals surface area contributed by atoms with E-state index in [1.54, 1.807) is 7.11 Å². The van der Waals surface area contributed by atoms with Gasteiger partial charge in [0.2, 0.25) is 6.79 Å². The highest BCUT2D eigenvalue weighted by Crippen LogP contribution is 2.48. The van der Waals surface area contributed by atoms with Gasteiger partial charge in [-0.25, -0.2) is 4.79 Å². The summed E-state index contributed by atoms with van der Waals surface area (Å²) in [6.45, 7) is 0.468. The lowest BCUT2D eigenvalue weighted by molar-refractivity contribution is -0.136. The Kier molecular flexibility index (Phi) is 2.94. The summed E-state index contributed by atoms with van der Waals surface area (Å²) < 4.78 is 21.5. The van der Waals surface area contributed by atoms with Crippen molar-refractivity contribution in [3.63, 3.8) is 0 Å². The molecule has 3 heterocycles. The Bertz CT molecular complexity index is 916. The van der Waals surface area contributed by atoms with Crippen LogP contribution < -0.4 is 19.5 Å². The molecule has 6 nitrogen and oxygen atoms in total. The fraction of sp³-hybridized carbons (Fsp3) is 0.211. The van der Waals surface area contributed by atoms with Gasteiger partial charge in [0.1, 0.15) is 12.4 Å². The van der Waals surface area contributed by atoms with Crippen molar-refractivity contribution < 1.29 is 23.7 Å². The van der Waals surface area contributed by atoms with Gasteiger partial charge in [-0.2, -0.15) is 0 Å². The van der Waals surface area contributed by atoms with Crippen molar-refractivity contribution in [1.29, 1.82) is 0 Å². The molecule has 126 valence electrons. The maximum Gasteiger partial charge on any atom is 0.337 e. The van der Waals surface area contributed by atoms with Gasteiger partial charge < -0.3 is 24.3 Å². The topological polar surface area (TPSA) is 66.0 Å². The minimum absolute atomic E-state index is 0.209. The van der Waals surface area contributed by atoms with E-state index in [1.165, 1.54) is 0 Å². The Labute approximate surface area is 144 Å². The standard InChI is InChI=1S/C19H15NO5/c1-22-11-4-2-10(3-5-11)17-12-6-15-16(25-9-24-15)7-13(12)20-14-8-23-19(21)18(14)17/h2-7,17,20H,8-9H2,1H3/t17-/m1/s1. The summed E-state index contributed by atoms with van der Waals surface area (Å²) in [4.78, 5) is 12.4. The lowest BCUT2D eigenvalue weighted by atomic mass is 9.81. The van der Waals surface area contributed by atoms with Gasteiger partial charge in [-0.3, -0.25) is 0 Å². The Morgan fingerprint density at radius 2 is 1.84 bits per heavy atom. The summed E-state index contributed by atoms with van der Waals surface area (Å²) in [5.41, 5.74) is 4.32. The van der Waals surface area contributed by atoms with E-state index in [9.17, 15) is 4.79 Å².